The summed E-state index contributed by atoms with van der Waals surface area (Å²) in [6.07, 6.45) is 4.41. The minimum atomic E-state index is -0.291. The van der Waals surface area contributed by atoms with Gasteiger partial charge in [-0.25, -0.2) is 9.78 Å². The lowest BCUT2D eigenvalue weighted by atomic mass is 10.2. The van der Waals surface area contributed by atoms with E-state index in [1.807, 2.05) is 37.3 Å². The van der Waals surface area contributed by atoms with Gasteiger partial charge in [0.15, 0.2) is 5.13 Å². The molecule has 0 saturated heterocycles. The summed E-state index contributed by atoms with van der Waals surface area (Å²) in [5.74, 6) is 0.0231. The average molecular weight is 464 g/mol. The number of thiazole rings is 1. The standard InChI is InChI=1S/C23H21N5O2S2/c1-14-8-9-17-19(11-14)32-22(25-17)26-20(29)13-31-21-16-6-4-7-18(16)28(23(30)27-21)12-15-5-2-3-10-24-15/h2-3,5,8-11H,4,6-7,12-13H2,1H3,(H,25,26,29). The normalized spacial score (nSPS) is 12.8. The molecule has 1 aromatic carbocycles. The lowest BCUT2D eigenvalue weighted by Crippen LogP contribution is -2.28. The number of carbonyl (C=O) groups is 1. The minimum absolute atomic E-state index is 0.156. The largest absolute Gasteiger partial charge is 0.349 e. The van der Waals surface area contributed by atoms with Gasteiger partial charge in [0.1, 0.15) is 5.03 Å². The van der Waals surface area contributed by atoms with Crippen molar-refractivity contribution in [2.75, 3.05) is 11.1 Å². The van der Waals surface area contributed by atoms with E-state index in [0.717, 1.165) is 52.0 Å². The first-order valence-corrected chi connectivity index (χ1v) is 12.2. The van der Waals surface area contributed by atoms with Gasteiger partial charge in [-0.3, -0.25) is 14.3 Å². The highest BCUT2D eigenvalue weighted by atomic mass is 32.2. The van der Waals surface area contributed by atoms with Crippen LogP contribution in [0.25, 0.3) is 10.2 Å². The Kier molecular flexibility index (Phi) is 5.75. The fourth-order valence-corrected chi connectivity index (χ4v) is 5.75. The third-order valence-electron chi connectivity index (χ3n) is 5.38. The van der Waals surface area contributed by atoms with Gasteiger partial charge in [-0.2, -0.15) is 4.98 Å². The van der Waals surface area contributed by atoms with Crippen molar-refractivity contribution >= 4 is 44.4 Å². The highest BCUT2D eigenvalue weighted by Gasteiger charge is 2.23. The molecule has 1 amide bonds. The molecule has 162 valence electrons. The van der Waals surface area contributed by atoms with Gasteiger partial charge in [0.05, 0.1) is 28.2 Å². The molecule has 0 bridgehead atoms. The molecular formula is C23H21N5O2S2. The van der Waals surface area contributed by atoms with Gasteiger partial charge in [0.2, 0.25) is 5.91 Å². The number of amides is 1. The Morgan fingerprint density at radius 2 is 2.12 bits per heavy atom. The predicted molar refractivity (Wildman–Crippen MR) is 128 cm³/mol. The SMILES string of the molecule is Cc1ccc2nc(NC(=O)CSc3nc(=O)n(Cc4ccccn4)c4c3CCC4)sc2c1. The molecule has 1 aliphatic rings. The van der Waals surface area contributed by atoms with Crippen LogP contribution in [-0.2, 0) is 24.2 Å². The van der Waals surface area contributed by atoms with Crippen molar-refractivity contribution in [3.8, 4) is 0 Å². The molecular weight excluding hydrogens is 442 g/mol. The molecule has 0 fully saturated rings. The van der Waals surface area contributed by atoms with Crippen LogP contribution in [0.15, 0.2) is 52.4 Å². The van der Waals surface area contributed by atoms with E-state index in [-0.39, 0.29) is 17.3 Å². The van der Waals surface area contributed by atoms with Gasteiger partial charge in [-0.1, -0.05) is 35.2 Å². The summed E-state index contributed by atoms with van der Waals surface area (Å²) >= 11 is 2.78. The maximum Gasteiger partial charge on any atom is 0.349 e. The maximum atomic E-state index is 12.8. The Bertz CT molecular complexity index is 1360. The number of pyridine rings is 1. The summed E-state index contributed by atoms with van der Waals surface area (Å²) in [5.41, 5.74) is 4.66. The maximum absolute atomic E-state index is 12.8. The number of carbonyl (C=O) groups excluding carboxylic acids is 1. The van der Waals surface area contributed by atoms with E-state index < -0.39 is 0 Å². The lowest BCUT2D eigenvalue weighted by molar-refractivity contribution is -0.113. The number of aryl methyl sites for hydroxylation is 1. The Morgan fingerprint density at radius 1 is 1.22 bits per heavy atom. The van der Waals surface area contributed by atoms with E-state index in [0.29, 0.717) is 16.7 Å². The van der Waals surface area contributed by atoms with Crippen LogP contribution in [0.1, 0.15) is 28.9 Å². The van der Waals surface area contributed by atoms with Crippen molar-refractivity contribution in [1.29, 1.82) is 0 Å². The second kappa shape index (κ2) is 8.84. The van der Waals surface area contributed by atoms with Crippen LogP contribution in [-0.4, -0.2) is 31.2 Å². The van der Waals surface area contributed by atoms with Gasteiger partial charge in [0, 0.05) is 17.5 Å². The molecule has 1 aliphatic carbocycles. The van der Waals surface area contributed by atoms with Crippen LogP contribution in [0.2, 0.25) is 0 Å². The summed E-state index contributed by atoms with van der Waals surface area (Å²) in [4.78, 5) is 38.4. The summed E-state index contributed by atoms with van der Waals surface area (Å²) in [7, 11) is 0. The van der Waals surface area contributed by atoms with E-state index in [1.165, 1.54) is 23.1 Å². The Labute approximate surface area is 193 Å². The smallest absolute Gasteiger partial charge is 0.301 e. The number of nitrogens with one attached hydrogen (secondary N) is 1. The van der Waals surface area contributed by atoms with Crippen LogP contribution in [0.3, 0.4) is 0 Å². The van der Waals surface area contributed by atoms with E-state index in [2.05, 4.69) is 26.3 Å². The number of benzene rings is 1. The monoisotopic (exact) mass is 463 g/mol. The summed E-state index contributed by atoms with van der Waals surface area (Å²) in [5, 5.41) is 4.12. The molecule has 5 rings (SSSR count). The van der Waals surface area contributed by atoms with Crippen molar-refractivity contribution in [3.05, 3.63) is 75.6 Å². The Balaban J connectivity index is 1.31. The van der Waals surface area contributed by atoms with Crippen molar-refractivity contribution < 1.29 is 4.79 Å². The molecule has 0 unspecified atom stereocenters. The summed E-state index contributed by atoms with van der Waals surface area (Å²) < 4.78 is 2.77. The summed E-state index contributed by atoms with van der Waals surface area (Å²) in [6.45, 7) is 2.45. The second-order valence-corrected chi connectivity index (χ2v) is 9.71. The summed E-state index contributed by atoms with van der Waals surface area (Å²) in [6, 6.07) is 11.7. The Hall–Kier alpha value is -3.04. The third-order valence-corrected chi connectivity index (χ3v) is 7.33. The quantitative estimate of drug-likeness (QED) is 0.345. The highest BCUT2D eigenvalue weighted by Crippen LogP contribution is 2.30. The zero-order valence-electron chi connectivity index (χ0n) is 17.5. The van der Waals surface area contributed by atoms with Crippen molar-refractivity contribution in [3.63, 3.8) is 0 Å². The predicted octanol–water partition coefficient (Wildman–Crippen LogP) is 3.82. The fourth-order valence-electron chi connectivity index (χ4n) is 3.90. The molecule has 0 atom stereocenters. The first-order chi connectivity index (χ1) is 15.6. The average Bonchev–Trinajstić information content (AvgIpc) is 3.42. The molecule has 4 aromatic rings. The molecule has 9 heteroatoms. The molecule has 0 spiro atoms. The first-order valence-electron chi connectivity index (χ1n) is 10.4. The molecule has 0 radical (unpaired) electrons. The van der Waals surface area contributed by atoms with Gasteiger partial charge < -0.3 is 5.32 Å². The van der Waals surface area contributed by atoms with E-state index in [9.17, 15) is 9.59 Å². The Morgan fingerprint density at radius 3 is 2.97 bits per heavy atom. The van der Waals surface area contributed by atoms with Gasteiger partial charge in [0.25, 0.3) is 0 Å². The van der Waals surface area contributed by atoms with Gasteiger partial charge in [-0.15, -0.1) is 0 Å². The molecule has 7 nitrogen and oxygen atoms in total. The third kappa shape index (κ3) is 4.31. The highest BCUT2D eigenvalue weighted by molar-refractivity contribution is 8.00. The number of hydrogen-bond acceptors (Lipinski definition) is 7. The first kappa shape index (κ1) is 20.8. The molecule has 1 N–H and O–H groups in total. The number of nitrogens with zero attached hydrogens (tertiary/aromatic N) is 4. The minimum Gasteiger partial charge on any atom is -0.301 e. The van der Waals surface area contributed by atoms with Crippen molar-refractivity contribution in [2.24, 2.45) is 0 Å². The number of anilines is 1. The number of fused-ring (bicyclic) bond motifs is 2. The van der Waals surface area contributed by atoms with E-state index >= 15 is 0 Å². The fraction of sp³-hybridized carbons (Fsp3) is 0.261. The second-order valence-electron chi connectivity index (χ2n) is 7.71. The van der Waals surface area contributed by atoms with Crippen molar-refractivity contribution in [2.45, 2.75) is 37.8 Å². The van der Waals surface area contributed by atoms with Crippen LogP contribution in [0, 0.1) is 6.92 Å². The number of thioether (sulfide) groups is 1. The zero-order valence-corrected chi connectivity index (χ0v) is 19.1. The van der Waals surface area contributed by atoms with Crippen LogP contribution < -0.4 is 11.0 Å². The van der Waals surface area contributed by atoms with E-state index in [4.69, 9.17) is 0 Å². The molecule has 32 heavy (non-hydrogen) atoms. The lowest BCUT2D eigenvalue weighted by Gasteiger charge is -2.13. The number of rotatable bonds is 6. The molecule has 0 saturated carbocycles. The van der Waals surface area contributed by atoms with Gasteiger partial charge >= 0.3 is 5.69 Å². The number of hydrogen-bond donors (Lipinski definition) is 1. The van der Waals surface area contributed by atoms with Crippen LogP contribution >= 0.6 is 23.1 Å². The molecule has 3 aromatic heterocycles. The van der Waals surface area contributed by atoms with Crippen LogP contribution in [0.4, 0.5) is 5.13 Å². The van der Waals surface area contributed by atoms with Crippen LogP contribution in [0.5, 0.6) is 0 Å². The molecule has 0 aliphatic heterocycles. The zero-order chi connectivity index (χ0) is 22.1. The van der Waals surface area contributed by atoms with Gasteiger partial charge in [-0.05, 0) is 56.0 Å². The van der Waals surface area contributed by atoms with Crippen molar-refractivity contribution in [1.82, 2.24) is 19.5 Å². The number of aromatic nitrogens is 4. The topological polar surface area (TPSA) is 89.8 Å². The van der Waals surface area contributed by atoms with E-state index in [1.54, 1.807) is 10.8 Å². The molecule has 3 heterocycles.